The molecule has 2 rings (SSSR count). The number of hydrogen-bond donors (Lipinski definition) is 0. The molecule has 5 nitrogen and oxygen atoms in total. The summed E-state index contributed by atoms with van der Waals surface area (Å²) in [6, 6.07) is 7.87. The molecule has 0 fully saturated rings. The van der Waals surface area contributed by atoms with Crippen LogP contribution in [0.2, 0.25) is 0 Å². The number of halogens is 2. The summed E-state index contributed by atoms with van der Waals surface area (Å²) < 4.78 is 63.9. The van der Waals surface area contributed by atoms with Gasteiger partial charge in [-0.25, -0.2) is 17.2 Å². The predicted molar refractivity (Wildman–Crippen MR) is 84.6 cm³/mol. The van der Waals surface area contributed by atoms with Crippen molar-refractivity contribution in [2.24, 2.45) is 0 Å². The lowest BCUT2D eigenvalue weighted by Crippen LogP contribution is -2.28. The van der Waals surface area contributed by atoms with Crippen molar-refractivity contribution in [2.75, 3.05) is 21.3 Å². The van der Waals surface area contributed by atoms with Gasteiger partial charge in [-0.15, -0.1) is 0 Å². The van der Waals surface area contributed by atoms with Gasteiger partial charge in [0.15, 0.2) is 16.4 Å². The van der Waals surface area contributed by atoms with Crippen molar-refractivity contribution in [3.63, 3.8) is 0 Å². The summed E-state index contributed by atoms with van der Waals surface area (Å²) in [5.41, 5.74) is 0.500. The Morgan fingerprint density at radius 1 is 1.00 bits per heavy atom. The SMILES string of the molecule is COc1cccc(CN(C)S(=O)(=O)c2c(F)cccc2F)c1OC. The molecule has 0 atom stereocenters. The van der Waals surface area contributed by atoms with Crippen molar-refractivity contribution >= 4 is 10.0 Å². The normalized spacial score (nSPS) is 11.6. The number of rotatable bonds is 6. The van der Waals surface area contributed by atoms with Crippen molar-refractivity contribution in [2.45, 2.75) is 11.4 Å². The molecule has 130 valence electrons. The monoisotopic (exact) mass is 357 g/mol. The van der Waals surface area contributed by atoms with Gasteiger partial charge in [0, 0.05) is 19.2 Å². The van der Waals surface area contributed by atoms with E-state index in [9.17, 15) is 17.2 Å². The lowest BCUT2D eigenvalue weighted by molar-refractivity contribution is 0.347. The second kappa shape index (κ2) is 7.14. The molecule has 0 aliphatic carbocycles. The minimum Gasteiger partial charge on any atom is -0.493 e. The van der Waals surface area contributed by atoms with E-state index in [2.05, 4.69) is 0 Å². The van der Waals surface area contributed by atoms with Gasteiger partial charge in [-0.3, -0.25) is 0 Å². The lowest BCUT2D eigenvalue weighted by Gasteiger charge is -2.20. The zero-order chi connectivity index (χ0) is 17.9. The molecular formula is C16H17F2NO4S. The summed E-state index contributed by atoms with van der Waals surface area (Å²) >= 11 is 0. The van der Waals surface area contributed by atoms with Gasteiger partial charge in [0.1, 0.15) is 11.6 Å². The number of para-hydroxylation sites is 1. The summed E-state index contributed by atoms with van der Waals surface area (Å²) in [4.78, 5) is -0.977. The molecule has 0 N–H and O–H groups in total. The molecule has 8 heteroatoms. The minimum absolute atomic E-state index is 0.142. The van der Waals surface area contributed by atoms with Crippen LogP contribution in [-0.4, -0.2) is 34.0 Å². The van der Waals surface area contributed by atoms with Crippen molar-refractivity contribution in [3.8, 4) is 11.5 Å². The Bertz CT molecular complexity index is 820. The Morgan fingerprint density at radius 3 is 2.12 bits per heavy atom. The van der Waals surface area contributed by atoms with E-state index in [0.717, 1.165) is 22.5 Å². The van der Waals surface area contributed by atoms with E-state index < -0.39 is 26.6 Å². The third kappa shape index (κ3) is 3.34. The number of methoxy groups -OCH3 is 2. The zero-order valence-electron chi connectivity index (χ0n) is 13.4. The maximum absolute atomic E-state index is 13.8. The molecule has 24 heavy (non-hydrogen) atoms. The fourth-order valence-corrected chi connectivity index (χ4v) is 3.54. The lowest BCUT2D eigenvalue weighted by atomic mass is 10.2. The molecule has 2 aromatic rings. The van der Waals surface area contributed by atoms with Crippen LogP contribution in [0.4, 0.5) is 8.78 Å². The highest BCUT2D eigenvalue weighted by atomic mass is 32.2. The molecule has 0 saturated heterocycles. The minimum atomic E-state index is -4.36. The summed E-state index contributed by atoms with van der Waals surface area (Å²) in [5.74, 6) is -1.49. The number of ether oxygens (including phenoxy) is 2. The Labute approximate surface area is 139 Å². The van der Waals surface area contributed by atoms with Crippen LogP contribution in [0.3, 0.4) is 0 Å². The fraction of sp³-hybridized carbons (Fsp3) is 0.250. The van der Waals surface area contributed by atoms with Crippen molar-refractivity contribution in [3.05, 3.63) is 53.6 Å². The van der Waals surface area contributed by atoms with Crippen LogP contribution in [0.25, 0.3) is 0 Å². The van der Waals surface area contributed by atoms with Crippen molar-refractivity contribution in [1.29, 1.82) is 0 Å². The molecule has 0 aliphatic heterocycles. The average Bonchev–Trinajstić information content (AvgIpc) is 2.54. The molecule has 0 bridgehead atoms. The van der Waals surface area contributed by atoms with E-state index in [1.165, 1.54) is 21.3 Å². The maximum Gasteiger partial charge on any atom is 0.248 e. The van der Waals surface area contributed by atoms with Crippen LogP contribution in [0.5, 0.6) is 11.5 Å². The fourth-order valence-electron chi connectivity index (χ4n) is 2.29. The van der Waals surface area contributed by atoms with Gasteiger partial charge in [-0.05, 0) is 18.2 Å². The molecule has 0 saturated carbocycles. The molecular weight excluding hydrogens is 340 g/mol. The number of benzene rings is 2. The van der Waals surface area contributed by atoms with Crippen molar-refractivity contribution < 1.29 is 26.7 Å². The van der Waals surface area contributed by atoms with Gasteiger partial charge in [0.2, 0.25) is 10.0 Å². The summed E-state index contributed by atoms with van der Waals surface area (Å²) in [5, 5.41) is 0. The number of hydrogen-bond acceptors (Lipinski definition) is 4. The van der Waals surface area contributed by atoms with Crippen molar-refractivity contribution in [1.82, 2.24) is 4.31 Å². The molecule has 0 amide bonds. The Balaban J connectivity index is 2.41. The first kappa shape index (κ1) is 18.2. The molecule has 2 aromatic carbocycles. The smallest absolute Gasteiger partial charge is 0.248 e. The van der Waals surface area contributed by atoms with Gasteiger partial charge < -0.3 is 9.47 Å². The summed E-state index contributed by atoms with van der Waals surface area (Å²) in [6.45, 7) is -0.142. The van der Waals surface area contributed by atoms with Crippen LogP contribution in [0.15, 0.2) is 41.3 Å². The van der Waals surface area contributed by atoms with E-state index in [0.29, 0.717) is 17.1 Å². The molecule has 0 aliphatic rings. The third-order valence-corrected chi connectivity index (χ3v) is 5.32. The summed E-state index contributed by atoms with van der Waals surface area (Å²) in [6.07, 6.45) is 0. The second-order valence-corrected chi connectivity index (χ2v) is 6.95. The van der Waals surface area contributed by atoms with E-state index in [1.54, 1.807) is 18.2 Å². The van der Waals surface area contributed by atoms with Gasteiger partial charge in [-0.2, -0.15) is 4.31 Å². The highest BCUT2D eigenvalue weighted by Gasteiger charge is 2.29. The van der Waals surface area contributed by atoms with Gasteiger partial charge in [0.05, 0.1) is 14.2 Å². The first-order valence-corrected chi connectivity index (χ1v) is 8.37. The van der Waals surface area contributed by atoms with Gasteiger partial charge in [0.25, 0.3) is 0 Å². The van der Waals surface area contributed by atoms with Crippen LogP contribution in [-0.2, 0) is 16.6 Å². The van der Waals surface area contributed by atoms with Crippen LogP contribution < -0.4 is 9.47 Å². The van der Waals surface area contributed by atoms with Gasteiger partial charge >= 0.3 is 0 Å². The first-order chi connectivity index (χ1) is 11.3. The standard InChI is InChI=1S/C16H17F2NO4S/c1-19(10-11-6-4-9-14(22-2)15(11)23-3)24(20,21)16-12(17)7-5-8-13(16)18/h4-9H,10H2,1-3H3. The van der Waals surface area contributed by atoms with Crippen LogP contribution in [0.1, 0.15) is 5.56 Å². The summed E-state index contributed by atoms with van der Waals surface area (Å²) in [7, 11) is -0.242. The van der Waals surface area contributed by atoms with E-state index in [1.807, 2.05) is 0 Å². The molecule has 0 radical (unpaired) electrons. The number of sulfonamides is 1. The highest BCUT2D eigenvalue weighted by molar-refractivity contribution is 7.89. The van der Waals surface area contributed by atoms with E-state index in [-0.39, 0.29) is 6.54 Å². The van der Waals surface area contributed by atoms with E-state index >= 15 is 0 Å². The number of nitrogens with zero attached hydrogens (tertiary/aromatic N) is 1. The molecule has 0 unspecified atom stereocenters. The largest absolute Gasteiger partial charge is 0.493 e. The third-order valence-electron chi connectivity index (χ3n) is 3.46. The predicted octanol–water partition coefficient (Wildman–Crippen LogP) is 2.80. The Morgan fingerprint density at radius 2 is 1.58 bits per heavy atom. The zero-order valence-corrected chi connectivity index (χ0v) is 14.2. The Hall–Kier alpha value is -2.19. The topological polar surface area (TPSA) is 55.8 Å². The van der Waals surface area contributed by atoms with Gasteiger partial charge in [-0.1, -0.05) is 18.2 Å². The highest BCUT2D eigenvalue weighted by Crippen LogP contribution is 2.32. The molecule has 0 spiro atoms. The second-order valence-electron chi connectivity index (χ2n) is 4.96. The quantitative estimate of drug-likeness (QED) is 0.798. The molecule has 0 heterocycles. The van der Waals surface area contributed by atoms with Crippen LogP contribution in [0, 0.1) is 11.6 Å². The first-order valence-electron chi connectivity index (χ1n) is 6.93. The maximum atomic E-state index is 13.8. The Kier molecular flexibility index (Phi) is 5.40. The molecule has 0 aromatic heterocycles. The van der Waals surface area contributed by atoms with E-state index in [4.69, 9.17) is 9.47 Å². The average molecular weight is 357 g/mol. The van der Waals surface area contributed by atoms with Crippen LogP contribution >= 0.6 is 0 Å².